The Hall–Kier alpha value is -1.10. The fourth-order valence-corrected chi connectivity index (χ4v) is 3.16. The molecule has 0 radical (unpaired) electrons. The van der Waals surface area contributed by atoms with Gasteiger partial charge in [0.1, 0.15) is 6.61 Å². The Morgan fingerprint density at radius 2 is 1.64 bits per heavy atom. The van der Waals surface area contributed by atoms with Crippen LogP contribution in [-0.2, 0) is 15.9 Å². The summed E-state index contributed by atoms with van der Waals surface area (Å²) in [4.78, 5) is 17.0. The molecular weight excluding hydrogens is 298 g/mol. The van der Waals surface area contributed by atoms with Gasteiger partial charge in [0.25, 0.3) is 0 Å². The number of hydrogen-bond acceptors (Lipinski definition) is 5. The summed E-state index contributed by atoms with van der Waals surface area (Å²) in [5.41, 5.74) is 1.02. The van der Waals surface area contributed by atoms with E-state index >= 15 is 0 Å². The zero-order valence-electron chi connectivity index (χ0n) is 14.2. The maximum Gasteiger partial charge on any atom is 0.508 e. The summed E-state index contributed by atoms with van der Waals surface area (Å²) < 4.78 is 10.1. The average Bonchev–Trinajstić information content (AvgIpc) is 2.80. The average molecular weight is 327 g/mol. The Bertz CT molecular complexity index is 432. The number of hydrogen-bond donors (Lipinski definition) is 0. The first-order valence-electron chi connectivity index (χ1n) is 8.36. The molecule has 1 aromatic rings. The van der Waals surface area contributed by atoms with E-state index in [9.17, 15) is 4.79 Å². The van der Waals surface area contributed by atoms with Crippen molar-refractivity contribution in [2.75, 3.05) is 13.2 Å². The first-order valence-corrected chi connectivity index (χ1v) is 9.17. The van der Waals surface area contributed by atoms with Crippen LogP contribution in [0.4, 0.5) is 4.79 Å². The van der Waals surface area contributed by atoms with Crippen molar-refractivity contribution in [3.8, 4) is 0 Å². The van der Waals surface area contributed by atoms with E-state index in [4.69, 9.17) is 9.47 Å². The highest BCUT2D eigenvalue weighted by atomic mass is 32.1. The van der Waals surface area contributed by atoms with Gasteiger partial charge in [-0.3, -0.25) is 0 Å². The van der Waals surface area contributed by atoms with Crippen LogP contribution < -0.4 is 0 Å². The summed E-state index contributed by atoms with van der Waals surface area (Å²) in [6, 6.07) is 0. The quantitative estimate of drug-likeness (QED) is 0.414. The molecule has 0 aromatic carbocycles. The summed E-state index contributed by atoms with van der Waals surface area (Å²) in [5.74, 6) is 0. The smallest absolute Gasteiger partial charge is 0.434 e. The van der Waals surface area contributed by atoms with Crippen molar-refractivity contribution >= 4 is 17.5 Å². The predicted octanol–water partition coefficient (Wildman–Crippen LogP) is 5.21. The van der Waals surface area contributed by atoms with Crippen LogP contribution in [0.1, 0.15) is 67.4 Å². The molecular formula is C17H29NO3S. The first kappa shape index (κ1) is 18.9. The maximum atomic E-state index is 11.4. The molecule has 0 amide bonds. The van der Waals surface area contributed by atoms with Crippen LogP contribution in [0.3, 0.4) is 0 Å². The molecule has 0 saturated heterocycles. The lowest BCUT2D eigenvalue weighted by Gasteiger charge is -2.06. The lowest BCUT2D eigenvalue weighted by molar-refractivity contribution is 0.0547. The fourth-order valence-electron chi connectivity index (χ4n) is 2.29. The topological polar surface area (TPSA) is 48.4 Å². The number of aryl methyl sites for hydroxylation is 2. The number of carbonyl (C=O) groups is 1. The summed E-state index contributed by atoms with van der Waals surface area (Å²) in [7, 11) is 0. The van der Waals surface area contributed by atoms with Crippen molar-refractivity contribution < 1.29 is 14.3 Å². The molecule has 0 aliphatic rings. The zero-order chi connectivity index (χ0) is 16.2. The minimum atomic E-state index is -0.560. The third kappa shape index (κ3) is 8.37. The molecule has 5 heteroatoms. The summed E-state index contributed by atoms with van der Waals surface area (Å²) in [5, 5.41) is 1.05. The second kappa shape index (κ2) is 11.5. The van der Waals surface area contributed by atoms with Gasteiger partial charge >= 0.3 is 6.16 Å². The minimum Gasteiger partial charge on any atom is -0.434 e. The maximum absolute atomic E-state index is 11.4. The largest absolute Gasteiger partial charge is 0.508 e. The highest BCUT2D eigenvalue weighted by Crippen LogP contribution is 2.16. The number of carbonyl (C=O) groups excluding carboxylic acids is 1. The number of rotatable bonds is 11. The fraction of sp³-hybridized carbons (Fsp3) is 0.765. The zero-order valence-corrected chi connectivity index (χ0v) is 15.0. The number of unbranched alkanes of at least 4 members (excludes halogenated alkanes) is 6. The van der Waals surface area contributed by atoms with Gasteiger partial charge in [0, 0.05) is 11.3 Å². The van der Waals surface area contributed by atoms with Gasteiger partial charge in [-0.1, -0.05) is 45.4 Å². The molecule has 0 aliphatic heterocycles. The highest BCUT2D eigenvalue weighted by molar-refractivity contribution is 7.11. The molecule has 1 aromatic heterocycles. The van der Waals surface area contributed by atoms with Gasteiger partial charge in [-0.2, -0.15) is 0 Å². The number of thiazole rings is 1. The molecule has 4 nitrogen and oxygen atoms in total. The molecule has 1 rings (SSSR count). The van der Waals surface area contributed by atoms with E-state index < -0.39 is 6.16 Å². The SMILES string of the molecule is CCCCCCCCCOC(=O)OCCc1nc(C)sc1C. The molecule has 0 unspecified atom stereocenters. The Kier molecular flexibility index (Phi) is 9.87. The second-order valence-electron chi connectivity index (χ2n) is 5.55. The van der Waals surface area contributed by atoms with Crippen LogP contribution >= 0.6 is 11.3 Å². The summed E-state index contributed by atoms with van der Waals surface area (Å²) >= 11 is 1.67. The van der Waals surface area contributed by atoms with Gasteiger partial charge in [-0.15, -0.1) is 11.3 Å². The molecule has 22 heavy (non-hydrogen) atoms. The van der Waals surface area contributed by atoms with E-state index in [2.05, 4.69) is 11.9 Å². The van der Waals surface area contributed by atoms with E-state index in [0.717, 1.165) is 23.5 Å². The van der Waals surface area contributed by atoms with Gasteiger partial charge in [0.05, 0.1) is 17.3 Å². The van der Waals surface area contributed by atoms with Gasteiger partial charge in [-0.05, 0) is 20.3 Å². The number of aromatic nitrogens is 1. The normalized spacial score (nSPS) is 10.7. The molecule has 0 fully saturated rings. The van der Waals surface area contributed by atoms with Crippen LogP contribution in [0.15, 0.2) is 0 Å². The lowest BCUT2D eigenvalue weighted by Crippen LogP contribution is -2.11. The second-order valence-corrected chi connectivity index (χ2v) is 6.96. The lowest BCUT2D eigenvalue weighted by atomic mass is 10.1. The van der Waals surface area contributed by atoms with E-state index in [1.807, 2.05) is 13.8 Å². The van der Waals surface area contributed by atoms with E-state index in [-0.39, 0.29) is 0 Å². The Balaban J connectivity index is 1.96. The predicted molar refractivity (Wildman–Crippen MR) is 90.6 cm³/mol. The highest BCUT2D eigenvalue weighted by Gasteiger charge is 2.07. The van der Waals surface area contributed by atoms with Crippen molar-refractivity contribution in [3.63, 3.8) is 0 Å². The molecule has 126 valence electrons. The van der Waals surface area contributed by atoms with Crippen LogP contribution in [0.5, 0.6) is 0 Å². The van der Waals surface area contributed by atoms with E-state index in [1.165, 1.54) is 37.0 Å². The van der Waals surface area contributed by atoms with Crippen LogP contribution in [0, 0.1) is 13.8 Å². The van der Waals surface area contributed by atoms with Crippen molar-refractivity contribution in [2.24, 2.45) is 0 Å². The van der Waals surface area contributed by atoms with Crippen molar-refractivity contribution in [3.05, 3.63) is 15.6 Å². The molecule has 0 atom stereocenters. The minimum absolute atomic E-state index is 0.333. The Morgan fingerprint density at radius 3 is 2.27 bits per heavy atom. The molecule has 0 spiro atoms. The monoisotopic (exact) mass is 327 g/mol. The molecule has 0 aliphatic carbocycles. The van der Waals surface area contributed by atoms with Gasteiger partial charge in [-0.25, -0.2) is 9.78 Å². The van der Waals surface area contributed by atoms with Crippen LogP contribution in [-0.4, -0.2) is 24.4 Å². The third-order valence-electron chi connectivity index (χ3n) is 3.53. The van der Waals surface area contributed by atoms with E-state index in [0.29, 0.717) is 19.6 Å². The van der Waals surface area contributed by atoms with Crippen molar-refractivity contribution in [2.45, 2.75) is 72.1 Å². The Morgan fingerprint density at radius 1 is 1.00 bits per heavy atom. The number of nitrogens with zero attached hydrogens (tertiary/aromatic N) is 1. The van der Waals surface area contributed by atoms with Crippen molar-refractivity contribution in [1.82, 2.24) is 4.98 Å². The van der Waals surface area contributed by atoms with Gasteiger partial charge < -0.3 is 9.47 Å². The summed E-state index contributed by atoms with van der Waals surface area (Å²) in [6.07, 6.45) is 8.55. The number of ether oxygens (including phenoxy) is 2. The Labute approximate surface area is 138 Å². The molecule has 0 N–H and O–H groups in total. The van der Waals surface area contributed by atoms with Gasteiger partial charge in [0.15, 0.2) is 0 Å². The third-order valence-corrected chi connectivity index (χ3v) is 4.45. The van der Waals surface area contributed by atoms with Crippen LogP contribution in [0.25, 0.3) is 0 Å². The molecule has 1 heterocycles. The van der Waals surface area contributed by atoms with Crippen molar-refractivity contribution in [1.29, 1.82) is 0 Å². The molecule has 0 bridgehead atoms. The van der Waals surface area contributed by atoms with Gasteiger partial charge in [0.2, 0.25) is 0 Å². The summed E-state index contributed by atoms with van der Waals surface area (Å²) in [6.45, 7) is 7.04. The van der Waals surface area contributed by atoms with E-state index in [1.54, 1.807) is 11.3 Å². The molecule has 0 saturated carbocycles. The standard InChI is InChI=1S/C17H29NO3S/c1-4-5-6-7-8-9-10-12-20-17(19)21-13-11-16-14(2)22-15(3)18-16/h4-13H2,1-3H3. The van der Waals surface area contributed by atoms with Crippen LogP contribution in [0.2, 0.25) is 0 Å². The first-order chi connectivity index (χ1) is 10.6.